The maximum atomic E-state index is 12.2. The number of carbonyl (C=O) groups excluding carboxylic acids is 1. The minimum atomic E-state index is -0.0475. The molecule has 0 aliphatic carbocycles. The minimum Gasteiger partial charge on any atom is -0.493 e. The third-order valence-electron chi connectivity index (χ3n) is 4.80. The summed E-state index contributed by atoms with van der Waals surface area (Å²) >= 11 is 12.0. The predicted molar refractivity (Wildman–Crippen MR) is 114 cm³/mol. The van der Waals surface area contributed by atoms with Crippen molar-refractivity contribution in [2.45, 2.75) is 38.3 Å². The second-order valence-electron chi connectivity index (χ2n) is 6.94. The summed E-state index contributed by atoms with van der Waals surface area (Å²) in [7, 11) is 1.60. The molecule has 7 heteroatoms. The second kappa shape index (κ2) is 10.7. The Morgan fingerprint density at radius 3 is 2.79 bits per heavy atom. The lowest BCUT2D eigenvalue weighted by atomic mass is 10.1. The lowest BCUT2D eigenvalue weighted by Gasteiger charge is -2.15. The molecular formula is C22H25Cl2NO4. The van der Waals surface area contributed by atoms with Gasteiger partial charge in [-0.05, 0) is 54.7 Å². The van der Waals surface area contributed by atoms with Gasteiger partial charge >= 0.3 is 0 Å². The van der Waals surface area contributed by atoms with Gasteiger partial charge in [0, 0.05) is 29.6 Å². The molecule has 1 heterocycles. The van der Waals surface area contributed by atoms with Crippen LogP contribution in [-0.4, -0.2) is 32.3 Å². The third-order valence-corrected chi connectivity index (χ3v) is 5.39. The molecule has 5 nitrogen and oxygen atoms in total. The van der Waals surface area contributed by atoms with E-state index in [0.717, 1.165) is 30.6 Å². The lowest BCUT2D eigenvalue weighted by molar-refractivity contribution is -0.121. The van der Waals surface area contributed by atoms with Crippen molar-refractivity contribution in [1.82, 2.24) is 5.32 Å². The van der Waals surface area contributed by atoms with E-state index in [1.807, 2.05) is 24.3 Å². The smallest absolute Gasteiger partial charge is 0.220 e. The topological polar surface area (TPSA) is 56.8 Å². The molecule has 1 fully saturated rings. The van der Waals surface area contributed by atoms with Gasteiger partial charge in [0.2, 0.25) is 5.91 Å². The van der Waals surface area contributed by atoms with Crippen LogP contribution < -0.4 is 14.8 Å². The normalized spacial score (nSPS) is 15.9. The number of ether oxygens (including phenoxy) is 3. The lowest BCUT2D eigenvalue weighted by Crippen LogP contribution is -2.23. The van der Waals surface area contributed by atoms with Crippen molar-refractivity contribution >= 4 is 29.1 Å². The van der Waals surface area contributed by atoms with Gasteiger partial charge in [-0.25, -0.2) is 0 Å². The fourth-order valence-corrected chi connectivity index (χ4v) is 3.66. The molecule has 1 N–H and O–H groups in total. The van der Waals surface area contributed by atoms with E-state index in [-0.39, 0.29) is 12.0 Å². The summed E-state index contributed by atoms with van der Waals surface area (Å²) in [5, 5.41) is 4.08. The summed E-state index contributed by atoms with van der Waals surface area (Å²) < 4.78 is 16.8. The summed E-state index contributed by atoms with van der Waals surface area (Å²) in [6.45, 7) is 1.73. The van der Waals surface area contributed by atoms with Crippen LogP contribution in [0.4, 0.5) is 0 Å². The van der Waals surface area contributed by atoms with Crippen molar-refractivity contribution in [3.05, 3.63) is 57.6 Å². The SMILES string of the molecule is COc1cc(CNC(=O)CCc2ccc(Cl)cc2Cl)ccc1OCC1CCCO1. The number of benzene rings is 2. The molecule has 2 aromatic carbocycles. The zero-order chi connectivity index (χ0) is 20.6. The number of nitrogens with one attached hydrogen (secondary N) is 1. The largest absolute Gasteiger partial charge is 0.493 e. The van der Waals surface area contributed by atoms with E-state index in [4.69, 9.17) is 37.4 Å². The molecule has 1 atom stereocenters. The van der Waals surface area contributed by atoms with Gasteiger partial charge in [-0.1, -0.05) is 35.3 Å². The highest BCUT2D eigenvalue weighted by Crippen LogP contribution is 2.29. The molecule has 1 aliphatic heterocycles. The Morgan fingerprint density at radius 2 is 2.07 bits per heavy atom. The van der Waals surface area contributed by atoms with Crippen LogP contribution in [0.1, 0.15) is 30.4 Å². The first-order valence-corrected chi connectivity index (χ1v) is 10.4. The Bertz CT molecular complexity index is 838. The van der Waals surface area contributed by atoms with Crippen LogP contribution in [0.25, 0.3) is 0 Å². The Kier molecular flexibility index (Phi) is 8.04. The number of amides is 1. The zero-order valence-corrected chi connectivity index (χ0v) is 17.9. The number of hydrogen-bond acceptors (Lipinski definition) is 4. The molecule has 1 saturated heterocycles. The van der Waals surface area contributed by atoms with Gasteiger partial charge < -0.3 is 19.5 Å². The van der Waals surface area contributed by atoms with Gasteiger partial charge in [-0.15, -0.1) is 0 Å². The van der Waals surface area contributed by atoms with Crippen molar-refractivity contribution in [3.63, 3.8) is 0 Å². The van der Waals surface area contributed by atoms with Crippen LogP contribution in [0.15, 0.2) is 36.4 Å². The van der Waals surface area contributed by atoms with E-state index >= 15 is 0 Å². The van der Waals surface area contributed by atoms with E-state index in [1.165, 1.54) is 0 Å². The van der Waals surface area contributed by atoms with Gasteiger partial charge in [0.05, 0.1) is 13.2 Å². The van der Waals surface area contributed by atoms with E-state index in [1.54, 1.807) is 19.2 Å². The highest BCUT2D eigenvalue weighted by Gasteiger charge is 2.17. The van der Waals surface area contributed by atoms with Crippen LogP contribution in [0.2, 0.25) is 10.0 Å². The van der Waals surface area contributed by atoms with Crippen LogP contribution >= 0.6 is 23.2 Å². The minimum absolute atomic E-state index is 0.0475. The third kappa shape index (κ3) is 6.53. The van der Waals surface area contributed by atoms with Gasteiger partial charge in [0.15, 0.2) is 11.5 Å². The first kappa shape index (κ1) is 21.8. The summed E-state index contributed by atoms with van der Waals surface area (Å²) in [4.78, 5) is 12.2. The molecule has 0 bridgehead atoms. The number of aryl methyl sites for hydroxylation is 1. The van der Waals surface area contributed by atoms with E-state index in [2.05, 4.69) is 5.32 Å². The molecule has 0 saturated carbocycles. The van der Waals surface area contributed by atoms with Gasteiger partial charge in [-0.2, -0.15) is 0 Å². The molecule has 0 aromatic heterocycles. The molecule has 3 rings (SSSR count). The molecule has 0 radical (unpaired) electrons. The van der Waals surface area contributed by atoms with Crippen LogP contribution in [-0.2, 0) is 22.5 Å². The summed E-state index contributed by atoms with van der Waals surface area (Å²) in [5.41, 5.74) is 1.84. The molecule has 0 spiro atoms. The Labute approximate surface area is 181 Å². The molecule has 29 heavy (non-hydrogen) atoms. The fourth-order valence-electron chi connectivity index (χ4n) is 3.16. The Balaban J connectivity index is 1.48. The number of rotatable bonds is 9. The molecule has 1 aliphatic rings. The maximum Gasteiger partial charge on any atom is 0.220 e. The van der Waals surface area contributed by atoms with E-state index < -0.39 is 0 Å². The van der Waals surface area contributed by atoms with E-state index in [9.17, 15) is 4.79 Å². The number of halogens is 2. The first-order chi connectivity index (χ1) is 14.0. The van der Waals surface area contributed by atoms with Crippen molar-refractivity contribution in [1.29, 1.82) is 0 Å². The monoisotopic (exact) mass is 437 g/mol. The van der Waals surface area contributed by atoms with Crippen LogP contribution in [0.3, 0.4) is 0 Å². The van der Waals surface area contributed by atoms with Gasteiger partial charge in [-0.3, -0.25) is 4.79 Å². The summed E-state index contributed by atoms with van der Waals surface area (Å²) in [6, 6.07) is 11.0. The van der Waals surface area contributed by atoms with Crippen LogP contribution in [0, 0.1) is 0 Å². The van der Waals surface area contributed by atoms with Gasteiger partial charge in [0.25, 0.3) is 0 Å². The molecule has 156 valence electrons. The molecule has 1 unspecified atom stereocenters. The molecule has 1 amide bonds. The number of methoxy groups -OCH3 is 1. The maximum absolute atomic E-state index is 12.2. The Morgan fingerprint density at radius 1 is 1.21 bits per heavy atom. The van der Waals surface area contributed by atoms with E-state index in [0.29, 0.717) is 47.5 Å². The highest BCUT2D eigenvalue weighted by molar-refractivity contribution is 6.35. The van der Waals surface area contributed by atoms with Crippen molar-refractivity contribution < 1.29 is 19.0 Å². The Hall–Kier alpha value is -1.95. The fraction of sp³-hybridized carbons (Fsp3) is 0.409. The van der Waals surface area contributed by atoms with Gasteiger partial charge in [0.1, 0.15) is 6.61 Å². The average Bonchev–Trinajstić information content (AvgIpc) is 3.24. The highest BCUT2D eigenvalue weighted by atomic mass is 35.5. The zero-order valence-electron chi connectivity index (χ0n) is 16.4. The van der Waals surface area contributed by atoms with Crippen LogP contribution in [0.5, 0.6) is 11.5 Å². The van der Waals surface area contributed by atoms with Crippen molar-refractivity contribution in [2.24, 2.45) is 0 Å². The molecular weight excluding hydrogens is 413 g/mol. The average molecular weight is 438 g/mol. The summed E-state index contributed by atoms with van der Waals surface area (Å²) in [6.07, 6.45) is 3.15. The number of hydrogen-bond donors (Lipinski definition) is 1. The second-order valence-corrected chi connectivity index (χ2v) is 7.79. The quantitative estimate of drug-likeness (QED) is 0.611. The number of carbonyl (C=O) groups is 1. The van der Waals surface area contributed by atoms with Crippen molar-refractivity contribution in [3.8, 4) is 11.5 Å². The standard InChI is InChI=1S/C22H25Cl2NO4/c1-27-21-11-15(4-8-20(21)29-14-18-3-2-10-28-18)13-25-22(26)9-6-16-5-7-17(23)12-19(16)24/h4-5,7-8,11-12,18H,2-3,6,9-10,13-14H2,1H3,(H,25,26). The van der Waals surface area contributed by atoms with Crippen molar-refractivity contribution in [2.75, 3.05) is 20.3 Å². The summed E-state index contributed by atoms with van der Waals surface area (Å²) in [5.74, 6) is 1.27. The first-order valence-electron chi connectivity index (χ1n) is 9.67. The predicted octanol–water partition coefficient (Wildman–Crippen LogP) is 4.81. The molecule has 2 aromatic rings.